The molecule has 0 spiro atoms. The summed E-state index contributed by atoms with van der Waals surface area (Å²) in [6.07, 6.45) is 0. The van der Waals surface area contributed by atoms with E-state index >= 15 is 0 Å². The molecule has 4 aromatic rings. The van der Waals surface area contributed by atoms with Crippen LogP contribution in [0.3, 0.4) is 0 Å². The van der Waals surface area contributed by atoms with Gasteiger partial charge in [-0.05, 0) is 35.9 Å². The molecule has 0 amide bonds. The first-order valence-corrected chi connectivity index (χ1v) is 9.22. The van der Waals surface area contributed by atoms with Crippen LogP contribution < -0.4 is 5.32 Å². The van der Waals surface area contributed by atoms with Crippen molar-refractivity contribution < 1.29 is 8.81 Å². The summed E-state index contributed by atoms with van der Waals surface area (Å²) in [5.74, 6) is 0.237. The van der Waals surface area contributed by atoms with E-state index in [1.54, 1.807) is 18.2 Å². The molecular weight excluding hydrogens is 400 g/mol. The molecule has 0 saturated heterocycles. The summed E-state index contributed by atoms with van der Waals surface area (Å²) in [5.41, 5.74) is 2.08. The van der Waals surface area contributed by atoms with Gasteiger partial charge in [-0.15, -0.1) is 10.2 Å². The Kier molecular flexibility index (Phi) is 5.28. The van der Waals surface area contributed by atoms with E-state index in [2.05, 4.69) is 15.5 Å². The first kappa shape index (κ1) is 18.5. The van der Waals surface area contributed by atoms with Gasteiger partial charge in [-0.25, -0.2) is 4.39 Å². The second-order valence-corrected chi connectivity index (χ2v) is 6.85. The highest BCUT2D eigenvalue weighted by Crippen LogP contribution is 2.33. The van der Waals surface area contributed by atoms with Crippen molar-refractivity contribution in [3.8, 4) is 11.5 Å². The molecule has 140 valence electrons. The van der Waals surface area contributed by atoms with Crippen molar-refractivity contribution in [1.29, 1.82) is 0 Å². The van der Waals surface area contributed by atoms with Crippen molar-refractivity contribution in [2.24, 2.45) is 0 Å². The van der Waals surface area contributed by atoms with E-state index in [9.17, 15) is 4.39 Å². The number of benzene rings is 3. The van der Waals surface area contributed by atoms with E-state index in [-0.39, 0.29) is 5.02 Å². The van der Waals surface area contributed by atoms with Crippen molar-refractivity contribution in [1.82, 2.24) is 10.2 Å². The van der Waals surface area contributed by atoms with Crippen LogP contribution in [-0.2, 0) is 0 Å². The van der Waals surface area contributed by atoms with Crippen LogP contribution in [-0.4, -0.2) is 10.2 Å². The van der Waals surface area contributed by atoms with Gasteiger partial charge in [-0.1, -0.05) is 65.7 Å². The molecule has 3 aromatic carbocycles. The van der Waals surface area contributed by atoms with Gasteiger partial charge < -0.3 is 9.73 Å². The highest BCUT2D eigenvalue weighted by Gasteiger charge is 2.23. The van der Waals surface area contributed by atoms with Crippen molar-refractivity contribution in [2.45, 2.75) is 6.04 Å². The topological polar surface area (TPSA) is 51.0 Å². The van der Waals surface area contributed by atoms with Crippen LogP contribution in [0.25, 0.3) is 11.5 Å². The average molecular weight is 414 g/mol. The van der Waals surface area contributed by atoms with Crippen LogP contribution in [0.15, 0.2) is 77.2 Å². The lowest BCUT2D eigenvalue weighted by atomic mass is 10.1. The normalized spacial score (nSPS) is 12.0. The Bertz CT molecular complexity index is 1100. The average Bonchev–Trinajstić information content (AvgIpc) is 3.18. The number of anilines is 1. The number of halogens is 3. The van der Waals surface area contributed by atoms with Crippen LogP contribution in [0.1, 0.15) is 17.5 Å². The maximum atomic E-state index is 13.4. The third kappa shape index (κ3) is 3.86. The number of nitrogens with zero attached hydrogens (tertiary/aromatic N) is 2. The molecule has 0 aliphatic carbocycles. The summed E-state index contributed by atoms with van der Waals surface area (Å²) >= 11 is 12.4. The molecule has 0 aliphatic heterocycles. The summed E-state index contributed by atoms with van der Waals surface area (Å²) < 4.78 is 19.3. The fourth-order valence-corrected chi connectivity index (χ4v) is 3.23. The fraction of sp³-hybridized carbons (Fsp3) is 0.0476. The van der Waals surface area contributed by atoms with Gasteiger partial charge in [-0.3, -0.25) is 0 Å². The Morgan fingerprint density at radius 1 is 0.857 bits per heavy atom. The van der Waals surface area contributed by atoms with Gasteiger partial charge in [0.15, 0.2) is 0 Å². The lowest BCUT2D eigenvalue weighted by Crippen LogP contribution is -2.13. The summed E-state index contributed by atoms with van der Waals surface area (Å²) in [4.78, 5) is 0. The summed E-state index contributed by atoms with van der Waals surface area (Å²) in [6, 6.07) is 20.5. The summed E-state index contributed by atoms with van der Waals surface area (Å²) in [7, 11) is 0. The highest BCUT2D eigenvalue weighted by molar-refractivity contribution is 6.33. The van der Waals surface area contributed by atoms with Gasteiger partial charge in [0.25, 0.3) is 0 Å². The zero-order valence-corrected chi connectivity index (χ0v) is 16.0. The van der Waals surface area contributed by atoms with E-state index < -0.39 is 11.9 Å². The molecule has 0 radical (unpaired) electrons. The Labute approximate surface area is 170 Å². The molecule has 0 unspecified atom stereocenters. The van der Waals surface area contributed by atoms with E-state index in [0.29, 0.717) is 28.1 Å². The molecule has 0 saturated carbocycles. The molecular formula is C21H14Cl2FN3O. The van der Waals surface area contributed by atoms with Crippen LogP contribution in [0.2, 0.25) is 10.0 Å². The molecule has 0 fully saturated rings. The number of rotatable bonds is 5. The minimum atomic E-state index is -0.479. The van der Waals surface area contributed by atoms with Crippen LogP contribution in [0, 0.1) is 5.82 Å². The van der Waals surface area contributed by atoms with Gasteiger partial charge >= 0.3 is 0 Å². The zero-order chi connectivity index (χ0) is 19.5. The largest absolute Gasteiger partial charge is 0.418 e. The smallest absolute Gasteiger partial charge is 0.249 e. The van der Waals surface area contributed by atoms with E-state index in [1.165, 1.54) is 12.1 Å². The highest BCUT2D eigenvalue weighted by atomic mass is 35.5. The zero-order valence-electron chi connectivity index (χ0n) is 14.4. The Morgan fingerprint density at radius 2 is 1.61 bits per heavy atom. The van der Waals surface area contributed by atoms with Gasteiger partial charge in [0.05, 0.1) is 21.3 Å². The maximum Gasteiger partial charge on any atom is 0.249 e. The second-order valence-electron chi connectivity index (χ2n) is 6.04. The van der Waals surface area contributed by atoms with Gasteiger partial charge in [0.1, 0.15) is 11.9 Å². The van der Waals surface area contributed by atoms with Crippen molar-refractivity contribution in [2.75, 3.05) is 5.32 Å². The number of hydrogen-bond donors (Lipinski definition) is 1. The number of aromatic nitrogens is 2. The summed E-state index contributed by atoms with van der Waals surface area (Å²) in [5, 5.41) is 12.4. The minimum Gasteiger partial charge on any atom is -0.418 e. The first-order valence-electron chi connectivity index (χ1n) is 8.46. The molecule has 0 aliphatic rings. The van der Waals surface area contributed by atoms with Gasteiger partial charge in [0, 0.05) is 0 Å². The maximum absolute atomic E-state index is 13.4. The predicted molar refractivity (Wildman–Crippen MR) is 108 cm³/mol. The molecule has 0 bridgehead atoms. The van der Waals surface area contributed by atoms with E-state index in [1.807, 2.05) is 42.5 Å². The first-order chi connectivity index (χ1) is 13.6. The van der Waals surface area contributed by atoms with Crippen molar-refractivity contribution in [3.63, 3.8) is 0 Å². The minimum absolute atomic E-state index is 0.256. The fourth-order valence-electron chi connectivity index (χ4n) is 2.79. The molecule has 1 N–H and O–H groups in total. The quantitative estimate of drug-likeness (QED) is 0.412. The molecule has 4 nitrogen and oxygen atoms in total. The molecule has 1 aromatic heterocycles. The van der Waals surface area contributed by atoms with Crippen LogP contribution >= 0.6 is 23.2 Å². The third-order valence-corrected chi connectivity index (χ3v) is 4.80. The second kappa shape index (κ2) is 8.00. The van der Waals surface area contributed by atoms with Crippen molar-refractivity contribution >= 4 is 28.9 Å². The monoisotopic (exact) mass is 413 g/mol. The van der Waals surface area contributed by atoms with Crippen LogP contribution in [0.4, 0.5) is 10.1 Å². The number of hydrogen-bond acceptors (Lipinski definition) is 4. The van der Waals surface area contributed by atoms with Gasteiger partial charge in [-0.2, -0.15) is 0 Å². The standard InChI is InChI=1S/C21H14Cl2FN3O/c22-16-9-5-4-8-15(16)20-26-27-21(28-20)19(13-6-2-1-3-7-13)25-18-11-10-14(24)12-17(18)23/h1-12,19,25H/t19-/m0/s1. The van der Waals surface area contributed by atoms with Crippen LogP contribution in [0.5, 0.6) is 0 Å². The Hall–Kier alpha value is -2.89. The number of nitrogens with one attached hydrogen (secondary N) is 1. The van der Waals surface area contributed by atoms with E-state index in [0.717, 1.165) is 5.56 Å². The predicted octanol–water partition coefficient (Wildman–Crippen LogP) is 6.38. The molecule has 28 heavy (non-hydrogen) atoms. The third-order valence-electron chi connectivity index (χ3n) is 4.16. The van der Waals surface area contributed by atoms with Crippen molar-refractivity contribution in [3.05, 3.63) is 100 Å². The molecule has 1 heterocycles. The lowest BCUT2D eigenvalue weighted by molar-refractivity contribution is 0.494. The van der Waals surface area contributed by atoms with E-state index in [4.69, 9.17) is 27.6 Å². The molecule has 4 rings (SSSR count). The Morgan fingerprint density at radius 3 is 2.36 bits per heavy atom. The lowest BCUT2D eigenvalue weighted by Gasteiger charge is -2.18. The summed E-state index contributed by atoms with van der Waals surface area (Å²) in [6.45, 7) is 0. The molecule has 1 atom stereocenters. The molecule has 7 heteroatoms. The Balaban J connectivity index is 1.73. The SMILES string of the molecule is Fc1ccc(N[C@@H](c2ccccc2)c2nnc(-c3ccccc3Cl)o2)c(Cl)c1. The van der Waals surface area contributed by atoms with Gasteiger partial charge in [0.2, 0.25) is 11.8 Å².